The van der Waals surface area contributed by atoms with E-state index in [1.54, 1.807) is 42.5 Å². The SMILES string of the molecule is Cc1ccc(-c2csc(NC(=O)C(Sc3ccc(NC(=O)/C(=C/c4ccc(Br)cc4)NC(=O)c4ccccc4)cc3)c3ccccc3)n2)cc1. The molecule has 6 aromatic rings. The molecule has 1 unspecified atom stereocenters. The maximum Gasteiger partial charge on any atom is 0.272 e. The first-order chi connectivity index (χ1) is 24.3. The molecule has 5 aromatic carbocycles. The molecule has 0 saturated carbocycles. The van der Waals surface area contributed by atoms with E-state index in [-0.39, 0.29) is 11.6 Å². The summed E-state index contributed by atoms with van der Waals surface area (Å²) < 4.78 is 0.898. The van der Waals surface area contributed by atoms with Gasteiger partial charge in [0.1, 0.15) is 10.9 Å². The van der Waals surface area contributed by atoms with E-state index in [9.17, 15) is 14.4 Å². The fourth-order valence-electron chi connectivity index (χ4n) is 4.88. The van der Waals surface area contributed by atoms with Crippen LogP contribution in [0.2, 0.25) is 0 Å². The van der Waals surface area contributed by atoms with Gasteiger partial charge in [-0.15, -0.1) is 23.1 Å². The molecular formula is C40H31BrN4O3S2. The number of aryl methyl sites for hydroxylation is 1. The first kappa shape index (κ1) is 34.6. The van der Waals surface area contributed by atoms with Crippen LogP contribution in [0.4, 0.5) is 10.8 Å². The summed E-state index contributed by atoms with van der Waals surface area (Å²) in [4.78, 5) is 45.7. The molecule has 0 saturated heterocycles. The Morgan fingerprint density at radius 1 is 0.780 bits per heavy atom. The van der Waals surface area contributed by atoms with E-state index in [0.29, 0.717) is 16.4 Å². The smallest absolute Gasteiger partial charge is 0.272 e. The fraction of sp³-hybridized carbons (Fsp3) is 0.0500. The maximum absolute atomic E-state index is 13.7. The minimum Gasteiger partial charge on any atom is -0.321 e. The van der Waals surface area contributed by atoms with Crippen LogP contribution in [0.25, 0.3) is 17.3 Å². The largest absolute Gasteiger partial charge is 0.321 e. The van der Waals surface area contributed by atoms with Gasteiger partial charge in [-0.05, 0) is 72.7 Å². The highest BCUT2D eigenvalue weighted by molar-refractivity contribution is 9.10. The number of nitrogens with zero attached hydrogens (tertiary/aromatic N) is 1. The number of carbonyl (C=O) groups is 3. The van der Waals surface area contributed by atoms with Crippen LogP contribution in [0.5, 0.6) is 0 Å². The number of thiazole rings is 1. The fourth-order valence-corrected chi connectivity index (χ4v) is 6.89. The number of aromatic nitrogens is 1. The topological polar surface area (TPSA) is 100 Å². The minimum atomic E-state index is -0.558. The first-order valence-electron chi connectivity index (χ1n) is 15.6. The molecule has 0 aliphatic heterocycles. The van der Waals surface area contributed by atoms with Gasteiger partial charge in [0, 0.05) is 31.6 Å². The number of benzene rings is 5. The molecule has 0 fully saturated rings. The van der Waals surface area contributed by atoms with Gasteiger partial charge in [0.2, 0.25) is 5.91 Å². The van der Waals surface area contributed by atoms with Gasteiger partial charge < -0.3 is 16.0 Å². The van der Waals surface area contributed by atoms with Gasteiger partial charge in [-0.1, -0.05) is 106 Å². The second kappa shape index (κ2) is 16.4. The Bertz CT molecular complexity index is 2120. The molecule has 50 heavy (non-hydrogen) atoms. The van der Waals surface area contributed by atoms with E-state index in [1.165, 1.54) is 28.7 Å². The monoisotopic (exact) mass is 758 g/mol. The second-order valence-electron chi connectivity index (χ2n) is 11.2. The van der Waals surface area contributed by atoms with Gasteiger partial charge in [-0.25, -0.2) is 4.98 Å². The highest BCUT2D eigenvalue weighted by atomic mass is 79.9. The third kappa shape index (κ3) is 9.23. The van der Waals surface area contributed by atoms with Gasteiger partial charge in [0.25, 0.3) is 11.8 Å². The molecular weight excluding hydrogens is 729 g/mol. The summed E-state index contributed by atoms with van der Waals surface area (Å²) >= 11 is 6.21. The summed E-state index contributed by atoms with van der Waals surface area (Å²) in [6.45, 7) is 2.04. The van der Waals surface area contributed by atoms with Gasteiger partial charge in [-0.3, -0.25) is 14.4 Å². The maximum atomic E-state index is 13.7. The number of carbonyl (C=O) groups excluding carboxylic acids is 3. The molecule has 0 radical (unpaired) electrons. The van der Waals surface area contributed by atoms with Crippen LogP contribution in [0.3, 0.4) is 0 Å². The summed E-state index contributed by atoms with van der Waals surface area (Å²) in [5.41, 5.74) is 5.61. The number of hydrogen-bond donors (Lipinski definition) is 3. The van der Waals surface area contributed by atoms with E-state index in [1.807, 2.05) is 109 Å². The van der Waals surface area contributed by atoms with E-state index >= 15 is 0 Å². The number of halogens is 1. The van der Waals surface area contributed by atoms with Crippen LogP contribution in [-0.4, -0.2) is 22.7 Å². The molecule has 0 aliphatic carbocycles. The Hall–Kier alpha value is -5.29. The van der Waals surface area contributed by atoms with E-state index < -0.39 is 17.1 Å². The third-order valence-electron chi connectivity index (χ3n) is 7.50. The normalized spacial score (nSPS) is 11.8. The van der Waals surface area contributed by atoms with Crippen LogP contribution in [-0.2, 0) is 9.59 Å². The zero-order valence-electron chi connectivity index (χ0n) is 26.8. The molecule has 3 N–H and O–H groups in total. The van der Waals surface area contributed by atoms with Crippen molar-refractivity contribution >= 4 is 73.6 Å². The third-order valence-corrected chi connectivity index (χ3v) is 10.1. The lowest BCUT2D eigenvalue weighted by Gasteiger charge is -2.17. The van der Waals surface area contributed by atoms with Crippen LogP contribution < -0.4 is 16.0 Å². The van der Waals surface area contributed by atoms with E-state index in [4.69, 9.17) is 0 Å². The quantitative estimate of drug-likeness (QED) is 0.0903. The number of hydrogen-bond acceptors (Lipinski definition) is 6. The van der Waals surface area contributed by atoms with Crippen molar-refractivity contribution in [3.8, 4) is 11.3 Å². The predicted octanol–water partition coefficient (Wildman–Crippen LogP) is 9.76. The summed E-state index contributed by atoms with van der Waals surface area (Å²) in [6.07, 6.45) is 1.63. The van der Waals surface area contributed by atoms with Crippen molar-refractivity contribution in [3.63, 3.8) is 0 Å². The molecule has 1 aromatic heterocycles. The van der Waals surface area contributed by atoms with Crippen molar-refractivity contribution in [3.05, 3.63) is 171 Å². The number of amides is 3. The van der Waals surface area contributed by atoms with Crippen LogP contribution in [0, 0.1) is 6.92 Å². The van der Waals surface area contributed by atoms with Crippen LogP contribution >= 0.6 is 39.0 Å². The number of rotatable bonds is 11. The van der Waals surface area contributed by atoms with Crippen LogP contribution in [0.1, 0.15) is 32.3 Å². The zero-order valence-corrected chi connectivity index (χ0v) is 30.0. The van der Waals surface area contributed by atoms with Crippen molar-refractivity contribution in [2.24, 2.45) is 0 Å². The molecule has 0 bridgehead atoms. The zero-order chi connectivity index (χ0) is 34.9. The average molecular weight is 760 g/mol. The van der Waals surface area contributed by atoms with Crippen molar-refractivity contribution < 1.29 is 14.4 Å². The van der Waals surface area contributed by atoms with Gasteiger partial charge in [0.05, 0.1) is 5.69 Å². The molecule has 6 rings (SSSR count). The standard InChI is InChI=1S/C40H31BrN4O3S2/c1-26-12-16-28(17-13-26)35-25-49-40(44-35)45-39(48)36(29-8-4-2-5-9-29)50-33-22-20-32(21-23-33)42-38(47)34(24-27-14-18-31(41)19-15-27)43-37(46)30-10-6-3-7-11-30/h2-25,36H,1H3,(H,42,47)(H,43,46)(H,44,45,48)/b34-24-. The van der Waals surface area contributed by atoms with Crippen molar-refractivity contribution in [1.82, 2.24) is 10.3 Å². The lowest BCUT2D eigenvalue weighted by molar-refractivity contribution is -0.116. The van der Waals surface area contributed by atoms with Gasteiger partial charge in [-0.2, -0.15) is 0 Å². The molecule has 1 atom stereocenters. The first-order valence-corrected chi connectivity index (χ1v) is 18.2. The Balaban J connectivity index is 1.16. The van der Waals surface area contributed by atoms with E-state index in [0.717, 1.165) is 31.8 Å². The average Bonchev–Trinajstić information content (AvgIpc) is 3.61. The molecule has 1 heterocycles. The Kier molecular flexibility index (Phi) is 11.3. The summed E-state index contributed by atoms with van der Waals surface area (Å²) in [5, 5.41) is 10.6. The van der Waals surface area contributed by atoms with Gasteiger partial charge >= 0.3 is 0 Å². The van der Waals surface area contributed by atoms with E-state index in [2.05, 4.69) is 36.9 Å². The highest BCUT2D eigenvalue weighted by Gasteiger charge is 2.23. The summed E-state index contributed by atoms with van der Waals surface area (Å²) in [6, 6.07) is 41.0. The van der Waals surface area contributed by atoms with Crippen molar-refractivity contribution in [2.45, 2.75) is 17.1 Å². The second-order valence-corrected chi connectivity index (χ2v) is 14.2. The van der Waals surface area contributed by atoms with Crippen molar-refractivity contribution in [1.29, 1.82) is 0 Å². The van der Waals surface area contributed by atoms with Crippen LogP contribution in [0.15, 0.2) is 154 Å². The highest BCUT2D eigenvalue weighted by Crippen LogP contribution is 2.37. The Labute approximate surface area is 307 Å². The van der Waals surface area contributed by atoms with Gasteiger partial charge in [0.15, 0.2) is 5.13 Å². The molecule has 3 amide bonds. The molecule has 7 nitrogen and oxygen atoms in total. The molecule has 0 aliphatic rings. The molecule has 10 heteroatoms. The summed E-state index contributed by atoms with van der Waals surface area (Å²) in [7, 11) is 0. The number of thioether (sulfide) groups is 1. The lowest BCUT2D eigenvalue weighted by Crippen LogP contribution is -2.30. The molecule has 0 spiro atoms. The Morgan fingerprint density at radius 3 is 2.12 bits per heavy atom. The number of nitrogens with one attached hydrogen (secondary N) is 3. The number of anilines is 2. The minimum absolute atomic E-state index is 0.0909. The lowest BCUT2D eigenvalue weighted by atomic mass is 10.1. The Morgan fingerprint density at radius 2 is 1.44 bits per heavy atom. The predicted molar refractivity (Wildman–Crippen MR) is 207 cm³/mol. The summed E-state index contributed by atoms with van der Waals surface area (Å²) in [5.74, 6) is -1.07. The molecule has 248 valence electrons. The van der Waals surface area contributed by atoms with Crippen molar-refractivity contribution in [2.75, 3.05) is 10.6 Å².